The molecule has 0 radical (unpaired) electrons. The van der Waals surface area contributed by atoms with Crippen LogP contribution >= 0.6 is 0 Å². The van der Waals surface area contributed by atoms with Crippen LogP contribution in [0, 0.1) is 0 Å². The number of likely N-dealkylation sites (tertiary alicyclic amines) is 2. The number of oxazole rings is 1. The summed E-state index contributed by atoms with van der Waals surface area (Å²) in [6.45, 7) is 5.14. The highest BCUT2D eigenvalue weighted by atomic mass is 16.4. The molecule has 2 N–H and O–H groups in total. The molecule has 226 valence electrons. The van der Waals surface area contributed by atoms with Gasteiger partial charge in [0, 0.05) is 73.4 Å². The van der Waals surface area contributed by atoms with Gasteiger partial charge in [0.25, 0.3) is 0 Å². The van der Waals surface area contributed by atoms with E-state index in [1.54, 1.807) is 18.3 Å². The Balaban J connectivity index is 1.13. The summed E-state index contributed by atoms with van der Waals surface area (Å²) >= 11 is 0. The minimum absolute atomic E-state index is 0.0370. The highest BCUT2D eigenvalue weighted by molar-refractivity contribution is 5.92. The van der Waals surface area contributed by atoms with Crippen molar-refractivity contribution in [2.45, 2.75) is 77.3 Å². The number of hydrogen-bond donors (Lipinski definition) is 2. The number of nitrogens with zero attached hydrogens (tertiary/aromatic N) is 3. The number of aromatic nitrogens is 1. The van der Waals surface area contributed by atoms with Gasteiger partial charge in [-0.1, -0.05) is 13.8 Å². The third-order valence-corrected chi connectivity index (χ3v) is 8.22. The molecule has 2 aliphatic rings. The van der Waals surface area contributed by atoms with Crippen LogP contribution in [0.2, 0.25) is 0 Å². The number of rotatable bonds is 10. The number of nitrogens with one attached hydrogen (secondary N) is 2. The molecule has 2 fully saturated rings. The maximum absolute atomic E-state index is 12.6. The first-order valence-corrected chi connectivity index (χ1v) is 15.2. The summed E-state index contributed by atoms with van der Waals surface area (Å²) in [5.74, 6) is 1.02. The second-order valence-corrected chi connectivity index (χ2v) is 11.2. The third kappa shape index (κ3) is 7.31. The zero-order valence-electron chi connectivity index (χ0n) is 24.8. The van der Waals surface area contributed by atoms with Gasteiger partial charge in [-0.25, -0.2) is 4.98 Å². The Morgan fingerprint density at radius 2 is 1.21 bits per heavy atom. The predicted octanol–water partition coefficient (Wildman–Crippen LogP) is 5.47. The summed E-state index contributed by atoms with van der Waals surface area (Å²) in [5.41, 5.74) is 2.93. The fraction of sp³-hybridized carbons (Fsp3) is 0.424. The summed E-state index contributed by atoms with van der Waals surface area (Å²) in [7, 11) is 0. The average Bonchev–Trinajstić information content (AvgIpc) is 3.79. The van der Waals surface area contributed by atoms with Crippen LogP contribution in [0.15, 0.2) is 59.1 Å². The zero-order chi connectivity index (χ0) is 30.3. The molecule has 0 spiro atoms. The Labute approximate surface area is 251 Å². The monoisotopic (exact) mass is 585 g/mol. The van der Waals surface area contributed by atoms with Crippen molar-refractivity contribution in [1.29, 1.82) is 0 Å². The predicted molar refractivity (Wildman–Crippen MR) is 164 cm³/mol. The van der Waals surface area contributed by atoms with E-state index in [1.807, 2.05) is 60.0 Å². The molecule has 0 aliphatic carbocycles. The van der Waals surface area contributed by atoms with Gasteiger partial charge >= 0.3 is 0 Å². The van der Waals surface area contributed by atoms with Crippen molar-refractivity contribution in [3.05, 3.63) is 54.7 Å². The molecule has 0 saturated carbocycles. The quantitative estimate of drug-likeness (QED) is 0.325. The van der Waals surface area contributed by atoms with Gasteiger partial charge in [-0.15, -0.1) is 0 Å². The molecule has 4 amide bonds. The van der Waals surface area contributed by atoms with E-state index in [0.717, 1.165) is 49.9 Å². The minimum Gasteiger partial charge on any atom is -0.436 e. The van der Waals surface area contributed by atoms with Gasteiger partial charge in [-0.2, -0.15) is 0 Å². The van der Waals surface area contributed by atoms with Crippen molar-refractivity contribution in [3.63, 3.8) is 0 Å². The normalized spacial score (nSPS) is 18.1. The molecule has 43 heavy (non-hydrogen) atoms. The summed E-state index contributed by atoms with van der Waals surface area (Å²) in [6, 6.07) is 14.6. The summed E-state index contributed by atoms with van der Waals surface area (Å²) in [6.07, 6.45) is 6.71. The molecule has 2 aromatic carbocycles. The molecule has 10 nitrogen and oxygen atoms in total. The summed E-state index contributed by atoms with van der Waals surface area (Å²) < 4.78 is 6.00. The largest absolute Gasteiger partial charge is 0.436 e. The van der Waals surface area contributed by atoms with E-state index >= 15 is 0 Å². The lowest BCUT2D eigenvalue weighted by Gasteiger charge is -2.23. The number of carbonyl (C=O) groups excluding carboxylic acids is 4. The Bertz CT molecular complexity index is 1340. The molecule has 3 aromatic rings. The molecule has 3 heterocycles. The van der Waals surface area contributed by atoms with Crippen LogP contribution < -0.4 is 10.6 Å². The van der Waals surface area contributed by atoms with Gasteiger partial charge in [-0.3, -0.25) is 19.2 Å². The van der Waals surface area contributed by atoms with Gasteiger partial charge in [0.15, 0.2) is 5.76 Å². The highest BCUT2D eigenvalue weighted by Crippen LogP contribution is 2.29. The van der Waals surface area contributed by atoms with Gasteiger partial charge < -0.3 is 24.9 Å². The Kier molecular flexibility index (Phi) is 9.54. The molecule has 5 rings (SSSR count). The molecule has 2 saturated heterocycles. The van der Waals surface area contributed by atoms with Crippen molar-refractivity contribution in [2.24, 2.45) is 0 Å². The molecule has 1 aromatic heterocycles. The van der Waals surface area contributed by atoms with E-state index < -0.39 is 0 Å². The summed E-state index contributed by atoms with van der Waals surface area (Å²) in [5, 5.41) is 5.86. The van der Waals surface area contributed by atoms with Crippen molar-refractivity contribution in [3.8, 4) is 22.8 Å². The molecular weight excluding hydrogens is 546 g/mol. The minimum atomic E-state index is -0.112. The van der Waals surface area contributed by atoms with Crippen LogP contribution in [-0.4, -0.2) is 63.6 Å². The SMILES string of the molecule is CCC(=O)N1CCC[C@H]1CC(=O)Nc1ccc(-c2cnc(-c3ccc(NC(=O)C[C@@H]4CCCN4C(=O)CC)cc3)o2)cc1. The van der Waals surface area contributed by atoms with Gasteiger partial charge in [-0.05, 0) is 74.2 Å². The summed E-state index contributed by atoms with van der Waals surface area (Å²) in [4.78, 5) is 57.6. The second-order valence-electron chi connectivity index (χ2n) is 11.2. The maximum Gasteiger partial charge on any atom is 0.226 e. The number of benzene rings is 2. The fourth-order valence-electron chi connectivity index (χ4n) is 5.97. The first-order valence-electron chi connectivity index (χ1n) is 15.2. The topological polar surface area (TPSA) is 125 Å². The van der Waals surface area contributed by atoms with E-state index in [2.05, 4.69) is 15.6 Å². The van der Waals surface area contributed by atoms with Crippen LogP contribution in [0.5, 0.6) is 0 Å². The number of anilines is 2. The third-order valence-electron chi connectivity index (χ3n) is 8.22. The van der Waals surface area contributed by atoms with Gasteiger partial charge in [0.05, 0.1) is 6.20 Å². The van der Waals surface area contributed by atoms with Crippen molar-refractivity contribution < 1.29 is 23.6 Å². The lowest BCUT2D eigenvalue weighted by molar-refractivity contribution is -0.133. The van der Waals surface area contributed by atoms with Crippen LogP contribution in [0.1, 0.15) is 65.2 Å². The lowest BCUT2D eigenvalue weighted by Crippen LogP contribution is -2.37. The van der Waals surface area contributed by atoms with Crippen molar-refractivity contribution >= 4 is 35.0 Å². The van der Waals surface area contributed by atoms with Crippen LogP contribution in [0.4, 0.5) is 11.4 Å². The highest BCUT2D eigenvalue weighted by Gasteiger charge is 2.30. The van der Waals surface area contributed by atoms with E-state index in [9.17, 15) is 19.2 Å². The molecule has 10 heteroatoms. The van der Waals surface area contributed by atoms with Gasteiger partial charge in [0.2, 0.25) is 29.5 Å². The molecule has 2 atom stereocenters. The average molecular weight is 586 g/mol. The Morgan fingerprint density at radius 3 is 1.67 bits per heavy atom. The van der Waals surface area contributed by atoms with E-state index in [1.165, 1.54) is 0 Å². The van der Waals surface area contributed by atoms with Crippen molar-refractivity contribution in [1.82, 2.24) is 14.8 Å². The lowest BCUT2D eigenvalue weighted by atomic mass is 10.1. The Hall–Kier alpha value is -4.47. The van der Waals surface area contributed by atoms with Gasteiger partial charge in [0.1, 0.15) is 0 Å². The first kappa shape index (κ1) is 30.0. The van der Waals surface area contributed by atoms with E-state index in [-0.39, 0.29) is 42.1 Å². The first-order chi connectivity index (χ1) is 20.8. The maximum atomic E-state index is 12.6. The fourth-order valence-corrected chi connectivity index (χ4v) is 5.97. The second kappa shape index (κ2) is 13.7. The molecule has 0 unspecified atom stereocenters. The molecular formula is C33H39N5O5. The van der Waals surface area contributed by atoms with Crippen LogP contribution in [-0.2, 0) is 19.2 Å². The van der Waals surface area contributed by atoms with Crippen LogP contribution in [0.25, 0.3) is 22.8 Å². The van der Waals surface area contributed by atoms with E-state index in [4.69, 9.17) is 4.42 Å². The molecule has 2 aliphatic heterocycles. The number of hydrogen-bond acceptors (Lipinski definition) is 6. The Morgan fingerprint density at radius 1 is 0.744 bits per heavy atom. The molecule has 0 bridgehead atoms. The van der Waals surface area contributed by atoms with Crippen molar-refractivity contribution in [2.75, 3.05) is 23.7 Å². The standard InChI is InChI=1S/C33H39N5O5/c1-3-31(41)37-17-5-7-26(37)19-29(39)35-24-13-9-22(10-14-24)28-21-34-33(43-28)23-11-15-25(16-12-23)36-30(40)20-27-8-6-18-38(27)32(42)4-2/h9-16,21,26-27H,3-8,17-20H2,1-2H3,(H,35,39)(H,36,40)/t26-,27-/m0/s1. The van der Waals surface area contributed by atoms with Crippen LogP contribution in [0.3, 0.4) is 0 Å². The smallest absolute Gasteiger partial charge is 0.226 e. The van der Waals surface area contributed by atoms with E-state index in [0.29, 0.717) is 42.3 Å². The number of amides is 4. The zero-order valence-corrected chi connectivity index (χ0v) is 24.8. The number of carbonyl (C=O) groups is 4.